The maximum Gasteiger partial charge on any atom is 0.225 e. The summed E-state index contributed by atoms with van der Waals surface area (Å²) >= 11 is 0. The molecule has 31 heavy (non-hydrogen) atoms. The molecular formula is C25H35N3O3. The van der Waals surface area contributed by atoms with Gasteiger partial charge in [-0.2, -0.15) is 0 Å². The van der Waals surface area contributed by atoms with Crippen LogP contribution in [0, 0.1) is 11.8 Å². The molecular weight excluding hydrogens is 390 g/mol. The van der Waals surface area contributed by atoms with E-state index in [9.17, 15) is 9.59 Å². The number of likely N-dealkylation sites (tertiary alicyclic amines) is 1. The summed E-state index contributed by atoms with van der Waals surface area (Å²) in [5.41, 5.74) is 1.29. The van der Waals surface area contributed by atoms with E-state index in [-0.39, 0.29) is 35.8 Å². The maximum absolute atomic E-state index is 13.0. The molecule has 6 nitrogen and oxygen atoms in total. The Morgan fingerprint density at radius 1 is 0.968 bits per heavy atom. The Kier molecular flexibility index (Phi) is 5.78. The molecule has 2 saturated heterocycles. The van der Waals surface area contributed by atoms with Crippen LogP contribution in [0.3, 0.4) is 0 Å². The molecule has 4 atom stereocenters. The number of hydrogen-bond donors (Lipinski definition) is 0. The summed E-state index contributed by atoms with van der Waals surface area (Å²) < 4.78 is 6.23. The zero-order chi connectivity index (χ0) is 21.5. The standard InChI is InChI=1S/C25H35N3O3/c1-26(19-8-9-19)23(29)12-18-15-28(14-17-6-4-3-5-7-17)21-16-31-22(25(18)21)13-24(30)27(2)20-10-11-20/h3-7,18-22,25H,8-16H2,1-2H3/t18-,21-,22+,25-/m1/s1. The van der Waals surface area contributed by atoms with E-state index < -0.39 is 0 Å². The molecule has 0 aromatic heterocycles. The topological polar surface area (TPSA) is 53.1 Å². The number of ether oxygens (including phenoxy) is 1. The van der Waals surface area contributed by atoms with E-state index >= 15 is 0 Å². The van der Waals surface area contributed by atoms with Crippen LogP contribution >= 0.6 is 0 Å². The van der Waals surface area contributed by atoms with Crippen LogP contribution < -0.4 is 0 Å². The third-order valence-corrected chi connectivity index (χ3v) is 7.85. The van der Waals surface area contributed by atoms with Gasteiger partial charge in [-0.25, -0.2) is 0 Å². The first-order valence-corrected chi connectivity index (χ1v) is 11.9. The van der Waals surface area contributed by atoms with Crippen molar-refractivity contribution in [3.05, 3.63) is 35.9 Å². The second-order valence-corrected chi connectivity index (χ2v) is 10.1. The zero-order valence-electron chi connectivity index (χ0n) is 18.8. The lowest BCUT2D eigenvalue weighted by atomic mass is 9.84. The molecule has 5 rings (SSSR count). The molecule has 2 aliphatic heterocycles. The summed E-state index contributed by atoms with van der Waals surface area (Å²) in [6.45, 7) is 2.43. The van der Waals surface area contributed by atoms with E-state index in [1.807, 2.05) is 30.0 Å². The average Bonchev–Trinajstić information content (AvgIpc) is 3.69. The highest BCUT2D eigenvalue weighted by Crippen LogP contribution is 2.43. The highest BCUT2D eigenvalue weighted by atomic mass is 16.5. The van der Waals surface area contributed by atoms with Crippen molar-refractivity contribution >= 4 is 11.8 Å². The third kappa shape index (κ3) is 4.51. The summed E-state index contributed by atoms with van der Waals surface area (Å²) in [5.74, 6) is 0.931. The first-order chi connectivity index (χ1) is 15.0. The third-order valence-electron chi connectivity index (χ3n) is 7.85. The van der Waals surface area contributed by atoms with E-state index in [0.717, 1.165) is 38.8 Å². The Morgan fingerprint density at radius 3 is 2.19 bits per heavy atom. The molecule has 2 aliphatic carbocycles. The molecule has 1 aromatic carbocycles. The lowest BCUT2D eigenvalue weighted by Crippen LogP contribution is -2.37. The number of benzene rings is 1. The van der Waals surface area contributed by atoms with Gasteiger partial charge in [0.15, 0.2) is 0 Å². The van der Waals surface area contributed by atoms with Gasteiger partial charge in [0.05, 0.1) is 19.1 Å². The summed E-state index contributed by atoms with van der Waals surface area (Å²) in [5, 5.41) is 0. The lowest BCUT2D eigenvalue weighted by Gasteiger charge is -2.26. The largest absolute Gasteiger partial charge is 0.376 e. The minimum absolute atomic E-state index is 0.0801. The second kappa shape index (κ2) is 8.55. The van der Waals surface area contributed by atoms with Crippen molar-refractivity contribution < 1.29 is 14.3 Å². The van der Waals surface area contributed by atoms with Crippen LogP contribution in [0.4, 0.5) is 0 Å². The van der Waals surface area contributed by atoms with Crippen molar-refractivity contribution in [2.45, 2.75) is 69.3 Å². The molecule has 4 fully saturated rings. The van der Waals surface area contributed by atoms with Crippen LogP contribution in [0.25, 0.3) is 0 Å². The molecule has 2 amide bonds. The van der Waals surface area contributed by atoms with Crippen LogP contribution in [0.1, 0.15) is 44.1 Å². The number of rotatable bonds is 8. The fourth-order valence-electron chi connectivity index (χ4n) is 5.63. The van der Waals surface area contributed by atoms with Crippen molar-refractivity contribution in [1.29, 1.82) is 0 Å². The number of amides is 2. The molecule has 0 radical (unpaired) electrons. The van der Waals surface area contributed by atoms with E-state index in [0.29, 0.717) is 31.5 Å². The SMILES string of the molecule is CN(C(=O)C[C@@H]1CN(Cc2ccccc2)[C@@H]2CO[C@@H](CC(=O)N(C)C3CC3)[C@H]12)C1CC1. The fourth-order valence-corrected chi connectivity index (χ4v) is 5.63. The van der Waals surface area contributed by atoms with Gasteiger partial charge in [-0.3, -0.25) is 14.5 Å². The smallest absolute Gasteiger partial charge is 0.225 e. The number of nitrogens with zero attached hydrogens (tertiary/aromatic N) is 3. The first kappa shape index (κ1) is 21.0. The second-order valence-electron chi connectivity index (χ2n) is 10.1. The quantitative estimate of drug-likeness (QED) is 0.642. The Labute approximate surface area is 185 Å². The molecule has 4 aliphatic rings. The van der Waals surface area contributed by atoms with Crippen LogP contribution in [0.2, 0.25) is 0 Å². The first-order valence-electron chi connectivity index (χ1n) is 11.9. The van der Waals surface area contributed by atoms with Crippen molar-refractivity contribution in [1.82, 2.24) is 14.7 Å². The predicted molar refractivity (Wildman–Crippen MR) is 118 cm³/mol. The summed E-state index contributed by atoms with van der Waals surface area (Å²) in [7, 11) is 3.87. The van der Waals surface area contributed by atoms with Crippen molar-refractivity contribution in [3.63, 3.8) is 0 Å². The minimum atomic E-state index is -0.0801. The average molecular weight is 426 g/mol. The molecule has 2 heterocycles. The van der Waals surface area contributed by atoms with E-state index in [1.54, 1.807) is 0 Å². The van der Waals surface area contributed by atoms with E-state index in [2.05, 4.69) is 29.2 Å². The van der Waals surface area contributed by atoms with Gasteiger partial charge in [-0.05, 0) is 37.2 Å². The molecule has 0 N–H and O–H groups in total. The van der Waals surface area contributed by atoms with Gasteiger partial charge in [-0.15, -0.1) is 0 Å². The summed E-state index contributed by atoms with van der Waals surface area (Å²) in [6.07, 6.45) is 5.43. The van der Waals surface area contributed by atoms with Gasteiger partial charge in [0.25, 0.3) is 0 Å². The maximum atomic E-state index is 13.0. The molecule has 0 bridgehead atoms. The van der Waals surface area contributed by atoms with E-state index in [4.69, 9.17) is 4.74 Å². The van der Waals surface area contributed by atoms with Gasteiger partial charge in [0.1, 0.15) is 0 Å². The predicted octanol–water partition coefficient (Wildman–Crippen LogP) is 2.52. The number of carbonyl (C=O) groups excluding carboxylic acids is 2. The van der Waals surface area contributed by atoms with Gasteiger partial charge >= 0.3 is 0 Å². The van der Waals surface area contributed by atoms with E-state index in [1.165, 1.54) is 5.56 Å². The van der Waals surface area contributed by atoms with Gasteiger partial charge in [-0.1, -0.05) is 30.3 Å². The zero-order valence-corrected chi connectivity index (χ0v) is 18.8. The lowest BCUT2D eigenvalue weighted by molar-refractivity contribution is -0.133. The molecule has 168 valence electrons. The molecule has 0 unspecified atom stereocenters. The highest BCUT2D eigenvalue weighted by Gasteiger charge is 2.52. The van der Waals surface area contributed by atoms with Crippen LogP contribution in [0.15, 0.2) is 30.3 Å². The Balaban J connectivity index is 1.30. The van der Waals surface area contributed by atoms with Crippen LogP contribution in [-0.2, 0) is 20.9 Å². The van der Waals surface area contributed by atoms with Crippen LogP contribution in [0.5, 0.6) is 0 Å². The molecule has 1 aromatic rings. The summed E-state index contributed by atoms with van der Waals surface area (Å²) in [4.78, 5) is 32.1. The van der Waals surface area contributed by atoms with Gasteiger partial charge in [0, 0.05) is 57.6 Å². The fraction of sp³-hybridized carbons (Fsp3) is 0.680. The monoisotopic (exact) mass is 425 g/mol. The number of fused-ring (bicyclic) bond motifs is 1. The summed E-state index contributed by atoms with van der Waals surface area (Å²) in [6, 6.07) is 11.7. The normalized spacial score (nSPS) is 30.3. The molecule has 2 saturated carbocycles. The minimum Gasteiger partial charge on any atom is -0.376 e. The highest BCUT2D eigenvalue weighted by molar-refractivity contribution is 5.78. The Morgan fingerprint density at radius 2 is 1.58 bits per heavy atom. The molecule has 6 heteroatoms. The Hall–Kier alpha value is -1.92. The molecule has 0 spiro atoms. The van der Waals surface area contributed by atoms with Crippen molar-refractivity contribution in [2.75, 3.05) is 27.2 Å². The van der Waals surface area contributed by atoms with Gasteiger partial charge in [0.2, 0.25) is 11.8 Å². The van der Waals surface area contributed by atoms with Crippen molar-refractivity contribution in [2.24, 2.45) is 11.8 Å². The number of hydrogen-bond acceptors (Lipinski definition) is 4. The number of carbonyl (C=O) groups is 2. The Bertz CT molecular complexity index is 807. The van der Waals surface area contributed by atoms with Gasteiger partial charge < -0.3 is 14.5 Å². The van der Waals surface area contributed by atoms with Crippen LogP contribution in [-0.4, -0.2) is 78.0 Å². The van der Waals surface area contributed by atoms with Crippen molar-refractivity contribution in [3.8, 4) is 0 Å².